The molecular weight excluding hydrogens is 393 g/mol. The molecular formula is C23H31Cl2NO2. The lowest BCUT2D eigenvalue weighted by atomic mass is 9.79. The van der Waals surface area contributed by atoms with Gasteiger partial charge in [0.15, 0.2) is 0 Å². The van der Waals surface area contributed by atoms with Gasteiger partial charge in [-0.05, 0) is 47.7 Å². The van der Waals surface area contributed by atoms with Crippen molar-refractivity contribution in [3.63, 3.8) is 0 Å². The molecule has 0 aliphatic heterocycles. The molecule has 2 rings (SSSR count). The smallest absolute Gasteiger partial charge is 0.118 e. The molecule has 0 bridgehead atoms. The summed E-state index contributed by atoms with van der Waals surface area (Å²) in [5, 5.41) is 0. The molecule has 0 N–H and O–H groups in total. The first-order chi connectivity index (χ1) is 13.7. The van der Waals surface area contributed by atoms with Crippen molar-refractivity contribution in [3.8, 4) is 11.5 Å². The van der Waals surface area contributed by atoms with Gasteiger partial charge in [0.05, 0.1) is 14.2 Å². The lowest BCUT2D eigenvalue weighted by Gasteiger charge is -2.32. The second-order valence-electron chi connectivity index (χ2n) is 6.85. The molecule has 0 aromatic heterocycles. The highest BCUT2D eigenvalue weighted by Crippen LogP contribution is 2.37. The van der Waals surface area contributed by atoms with E-state index < -0.39 is 0 Å². The first kappa shape index (κ1) is 22.9. The van der Waals surface area contributed by atoms with Crippen molar-refractivity contribution in [2.75, 3.05) is 45.6 Å². The second-order valence-corrected chi connectivity index (χ2v) is 7.60. The van der Waals surface area contributed by atoms with Crippen LogP contribution in [0.4, 0.5) is 0 Å². The predicted octanol–water partition coefficient (Wildman–Crippen LogP) is 5.76. The Morgan fingerprint density at radius 2 is 1.18 bits per heavy atom. The maximum absolute atomic E-state index is 6.05. The van der Waals surface area contributed by atoms with Crippen LogP contribution in [0.2, 0.25) is 0 Å². The first-order valence-electron chi connectivity index (χ1n) is 9.78. The van der Waals surface area contributed by atoms with Gasteiger partial charge in [-0.25, -0.2) is 0 Å². The number of hydrogen-bond donors (Lipinski definition) is 0. The summed E-state index contributed by atoms with van der Waals surface area (Å²) in [6, 6.07) is 16.9. The van der Waals surface area contributed by atoms with E-state index in [2.05, 4.69) is 36.1 Å². The zero-order chi connectivity index (χ0) is 20.4. The molecule has 28 heavy (non-hydrogen) atoms. The van der Waals surface area contributed by atoms with E-state index >= 15 is 0 Å². The van der Waals surface area contributed by atoms with Crippen molar-refractivity contribution in [3.05, 3.63) is 59.7 Å². The van der Waals surface area contributed by atoms with E-state index in [0.29, 0.717) is 23.6 Å². The average Bonchev–Trinajstić information content (AvgIpc) is 2.74. The summed E-state index contributed by atoms with van der Waals surface area (Å²) in [6.07, 6.45) is 1.04. The Morgan fingerprint density at radius 1 is 0.750 bits per heavy atom. The number of alkyl halides is 2. The molecule has 0 saturated carbocycles. The van der Waals surface area contributed by atoms with Gasteiger partial charge in [0.1, 0.15) is 11.5 Å². The van der Waals surface area contributed by atoms with Gasteiger partial charge < -0.3 is 14.4 Å². The Kier molecular flexibility index (Phi) is 9.97. The van der Waals surface area contributed by atoms with Crippen molar-refractivity contribution in [1.82, 2.24) is 4.90 Å². The number of nitrogens with zero attached hydrogens (tertiary/aromatic N) is 1. The van der Waals surface area contributed by atoms with E-state index in [1.165, 1.54) is 11.1 Å². The van der Waals surface area contributed by atoms with Crippen molar-refractivity contribution >= 4 is 23.2 Å². The van der Waals surface area contributed by atoms with Crippen LogP contribution in [0.1, 0.15) is 36.3 Å². The van der Waals surface area contributed by atoms with Crippen molar-refractivity contribution < 1.29 is 9.47 Å². The van der Waals surface area contributed by atoms with Gasteiger partial charge in [0.25, 0.3) is 0 Å². The summed E-state index contributed by atoms with van der Waals surface area (Å²) in [5.74, 6) is 3.67. The molecule has 0 spiro atoms. The summed E-state index contributed by atoms with van der Waals surface area (Å²) >= 11 is 12.1. The minimum atomic E-state index is 0.329. The molecule has 2 aromatic rings. The third-order valence-electron chi connectivity index (χ3n) is 5.27. The average molecular weight is 424 g/mol. The summed E-state index contributed by atoms with van der Waals surface area (Å²) in [4.78, 5) is 2.36. The third-order valence-corrected chi connectivity index (χ3v) is 5.61. The number of rotatable bonds is 12. The van der Waals surface area contributed by atoms with Crippen LogP contribution in [0.3, 0.4) is 0 Å². The molecule has 0 fully saturated rings. The number of methoxy groups -OCH3 is 2. The van der Waals surface area contributed by atoms with Crippen LogP contribution < -0.4 is 9.47 Å². The number of hydrogen-bond acceptors (Lipinski definition) is 3. The Bertz CT molecular complexity index is 670. The highest BCUT2D eigenvalue weighted by Gasteiger charge is 2.26. The molecule has 0 amide bonds. The van der Waals surface area contributed by atoms with Gasteiger partial charge in [0.2, 0.25) is 0 Å². The second kappa shape index (κ2) is 12.2. The van der Waals surface area contributed by atoms with Crippen molar-refractivity contribution in [2.24, 2.45) is 0 Å². The topological polar surface area (TPSA) is 21.7 Å². The maximum atomic E-state index is 6.05. The van der Waals surface area contributed by atoms with Crippen LogP contribution in [-0.4, -0.2) is 50.5 Å². The Hall–Kier alpha value is -1.42. The van der Waals surface area contributed by atoms with Crippen LogP contribution in [0.15, 0.2) is 48.5 Å². The van der Waals surface area contributed by atoms with Crippen molar-refractivity contribution in [1.29, 1.82) is 0 Å². The molecule has 154 valence electrons. The molecule has 0 aliphatic carbocycles. The van der Waals surface area contributed by atoms with E-state index in [4.69, 9.17) is 32.7 Å². The van der Waals surface area contributed by atoms with Gasteiger partial charge in [-0.15, -0.1) is 23.2 Å². The standard InChI is InChI=1S/C23H31Cl2NO2/c1-4-22(18-5-9-20(27-2)10-6-18)23(17-26(15-13-24)16-14-25)19-7-11-21(28-3)12-8-19/h5-12,22-23H,4,13-17H2,1-3H3. The first-order valence-corrected chi connectivity index (χ1v) is 10.9. The summed E-state index contributed by atoms with van der Waals surface area (Å²) < 4.78 is 10.7. The van der Waals surface area contributed by atoms with Gasteiger partial charge in [-0.1, -0.05) is 31.2 Å². The molecule has 0 aliphatic rings. The molecule has 3 nitrogen and oxygen atoms in total. The molecule has 5 heteroatoms. The Morgan fingerprint density at radius 3 is 1.54 bits per heavy atom. The van der Waals surface area contributed by atoms with Crippen LogP contribution in [0, 0.1) is 0 Å². The number of benzene rings is 2. The Balaban J connectivity index is 2.37. The molecule has 2 unspecified atom stereocenters. The lowest BCUT2D eigenvalue weighted by Crippen LogP contribution is -2.34. The number of ether oxygens (including phenoxy) is 2. The van der Waals surface area contributed by atoms with Gasteiger partial charge in [-0.3, -0.25) is 0 Å². The zero-order valence-corrected chi connectivity index (χ0v) is 18.5. The predicted molar refractivity (Wildman–Crippen MR) is 120 cm³/mol. The fraction of sp³-hybridized carbons (Fsp3) is 0.478. The summed E-state index contributed by atoms with van der Waals surface area (Å²) in [5.41, 5.74) is 2.62. The monoisotopic (exact) mass is 423 g/mol. The molecule has 0 heterocycles. The SMILES string of the molecule is CCC(c1ccc(OC)cc1)C(CN(CCCl)CCCl)c1ccc(OC)cc1. The molecule has 2 aromatic carbocycles. The number of halogens is 2. The molecule has 0 radical (unpaired) electrons. The minimum Gasteiger partial charge on any atom is -0.497 e. The lowest BCUT2D eigenvalue weighted by molar-refractivity contribution is 0.269. The third kappa shape index (κ3) is 6.30. The normalized spacial score (nSPS) is 13.4. The van der Waals surface area contributed by atoms with E-state index in [0.717, 1.165) is 37.6 Å². The fourth-order valence-corrected chi connectivity index (χ4v) is 4.21. The van der Waals surface area contributed by atoms with Crippen molar-refractivity contribution in [2.45, 2.75) is 25.2 Å². The van der Waals surface area contributed by atoms with Gasteiger partial charge in [-0.2, -0.15) is 0 Å². The zero-order valence-electron chi connectivity index (χ0n) is 17.0. The highest BCUT2D eigenvalue weighted by atomic mass is 35.5. The Labute approximate surface area is 179 Å². The maximum Gasteiger partial charge on any atom is 0.118 e. The van der Waals surface area contributed by atoms with Crippen LogP contribution in [0.25, 0.3) is 0 Å². The van der Waals surface area contributed by atoms with E-state index in [1.54, 1.807) is 14.2 Å². The quantitative estimate of drug-likeness (QED) is 0.405. The van der Waals surface area contributed by atoms with E-state index in [9.17, 15) is 0 Å². The van der Waals surface area contributed by atoms with Gasteiger partial charge >= 0.3 is 0 Å². The minimum absolute atomic E-state index is 0.329. The van der Waals surface area contributed by atoms with Crippen LogP contribution in [0.5, 0.6) is 11.5 Å². The van der Waals surface area contributed by atoms with E-state index in [1.807, 2.05) is 24.3 Å². The van der Waals surface area contributed by atoms with Gasteiger partial charge in [0, 0.05) is 37.3 Å². The molecule has 0 saturated heterocycles. The molecule has 2 atom stereocenters. The van der Waals surface area contributed by atoms with Crippen LogP contribution >= 0.6 is 23.2 Å². The van der Waals surface area contributed by atoms with Crippen LogP contribution in [-0.2, 0) is 0 Å². The largest absolute Gasteiger partial charge is 0.497 e. The summed E-state index contributed by atoms with van der Waals surface area (Å²) in [7, 11) is 3.39. The highest BCUT2D eigenvalue weighted by molar-refractivity contribution is 6.18. The summed E-state index contributed by atoms with van der Waals surface area (Å²) in [6.45, 7) is 4.83. The fourth-order valence-electron chi connectivity index (χ4n) is 3.73. The van der Waals surface area contributed by atoms with E-state index in [-0.39, 0.29) is 0 Å².